The summed E-state index contributed by atoms with van der Waals surface area (Å²) in [6.07, 6.45) is 1.67. The summed E-state index contributed by atoms with van der Waals surface area (Å²) < 4.78 is 28.6. The van der Waals surface area contributed by atoms with Gasteiger partial charge in [-0.3, -0.25) is 4.79 Å². The highest BCUT2D eigenvalue weighted by molar-refractivity contribution is 14.1. The van der Waals surface area contributed by atoms with Gasteiger partial charge < -0.3 is 4.57 Å². The minimum Gasteiger partial charge on any atom is -0.310 e. The highest BCUT2D eigenvalue weighted by Crippen LogP contribution is 2.12. The van der Waals surface area contributed by atoms with Gasteiger partial charge in [0.2, 0.25) is 0 Å². The first kappa shape index (κ1) is 13.2. The first-order valence-electron chi connectivity index (χ1n) is 5.28. The molecule has 18 heavy (non-hydrogen) atoms. The zero-order valence-electron chi connectivity index (χ0n) is 9.58. The summed E-state index contributed by atoms with van der Waals surface area (Å²) in [5.41, 5.74) is 0.978. The number of aryl methyl sites for hydroxylation is 1. The van der Waals surface area contributed by atoms with E-state index >= 15 is 0 Å². The van der Waals surface area contributed by atoms with E-state index < -0.39 is 11.6 Å². The van der Waals surface area contributed by atoms with Crippen LogP contribution in [0.1, 0.15) is 11.1 Å². The summed E-state index contributed by atoms with van der Waals surface area (Å²) in [5, 5.41) is 0. The van der Waals surface area contributed by atoms with E-state index in [2.05, 4.69) is 22.6 Å². The molecule has 0 aliphatic rings. The fourth-order valence-electron chi connectivity index (χ4n) is 1.60. The molecule has 2 aromatic rings. The van der Waals surface area contributed by atoms with Gasteiger partial charge in [-0.15, -0.1) is 0 Å². The molecule has 0 N–H and O–H groups in total. The van der Waals surface area contributed by atoms with Crippen molar-refractivity contribution in [2.75, 3.05) is 0 Å². The van der Waals surface area contributed by atoms with Crippen LogP contribution in [0.25, 0.3) is 0 Å². The van der Waals surface area contributed by atoms with Gasteiger partial charge in [-0.1, -0.05) is 6.07 Å². The number of nitrogens with zero attached hydrogens (tertiary/aromatic N) is 1. The van der Waals surface area contributed by atoms with Gasteiger partial charge >= 0.3 is 0 Å². The van der Waals surface area contributed by atoms with Gasteiger partial charge in [0.05, 0.1) is 6.54 Å². The number of rotatable bonds is 2. The molecule has 0 bridgehead atoms. The molecule has 0 fully saturated rings. The van der Waals surface area contributed by atoms with Crippen molar-refractivity contribution in [2.45, 2.75) is 13.5 Å². The molecule has 2 nitrogen and oxygen atoms in total. The van der Waals surface area contributed by atoms with Crippen molar-refractivity contribution in [1.82, 2.24) is 4.57 Å². The van der Waals surface area contributed by atoms with Crippen molar-refractivity contribution in [3.05, 3.63) is 67.1 Å². The molecule has 1 aromatic carbocycles. The lowest BCUT2D eigenvalue weighted by Crippen LogP contribution is -2.21. The molecule has 0 atom stereocenters. The van der Waals surface area contributed by atoms with Gasteiger partial charge in [0.1, 0.15) is 11.6 Å². The smallest absolute Gasteiger partial charge is 0.251 e. The monoisotopic (exact) mass is 361 g/mol. The molecule has 0 amide bonds. The maximum Gasteiger partial charge on any atom is 0.251 e. The molecule has 0 unspecified atom stereocenters. The Balaban J connectivity index is 2.40. The molecule has 0 spiro atoms. The van der Waals surface area contributed by atoms with Crippen molar-refractivity contribution < 1.29 is 8.78 Å². The van der Waals surface area contributed by atoms with E-state index in [0.29, 0.717) is 0 Å². The topological polar surface area (TPSA) is 22.0 Å². The average Bonchev–Trinajstić information content (AvgIpc) is 2.29. The van der Waals surface area contributed by atoms with Gasteiger partial charge in [0.25, 0.3) is 5.56 Å². The van der Waals surface area contributed by atoms with Crippen LogP contribution in [-0.2, 0) is 6.54 Å². The quantitative estimate of drug-likeness (QED) is 0.754. The standard InChI is InChI=1S/C13H10F2INO/c1-8-4-13(18)17(7-12(8)16)6-9-2-3-10(14)5-11(9)15/h2-5,7H,6H2,1H3. The molecule has 0 saturated heterocycles. The van der Waals surface area contributed by atoms with E-state index in [-0.39, 0.29) is 17.7 Å². The van der Waals surface area contributed by atoms with Crippen LogP contribution in [0.4, 0.5) is 8.78 Å². The van der Waals surface area contributed by atoms with Crippen LogP contribution in [0.15, 0.2) is 35.3 Å². The molecule has 1 aromatic heterocycles. The average molecular weight is 361 g/mol. The largest absolute Gasteiger partial charge is 0.310 e. The van der Waals surface area contributed by atoms with Crippen LogP contribution in [0.3, 0.4) is 0 Å². The van der Waals surface area contributed by atoms with Gasteiger partial charge in [0, 0.05) is 27.5 Å². The Morgan fingerprint density at radius 1 is 1.28 bits per heavy atom. The Bertz CT molecular complexity index is 652. The lowest BCUT2D eigenvalue weighted by molar-refractivity contribution is 0.564. The van der Waals surface area contributed by atoms with Gasteiger partial charge in [-0.25, -0.2) is 8.78 Å². The van der Waals surface area contributed by atoms with E-state index in [4.69, 9.17) is 0 Å². The van der Waals surface area contributed by atoms with Crippen LogP contribution >= 0.6 is 22.6 Å². The molecular weight excluding hydrogens is 351 g/mol. The third kappa shape index (κ3) is 2.77. The normalized spacial score (nSPS) is 10.7. The molecule has 0 aliphatic carbocycles. The van der Waals surface area contributed by atoms with E-state index in [1.807, 2.05) is 6.92 Å². The summed E-state index contributed by atoms with van der Waals surface area (Å²) in [4.78, 5) is 11.7. The third-order valence-corrected chi connectivity index (χ3v) is 3.75. The van der Waals surface area contributed by atoms with Gasteiger partial charge in [-0.05, 0) is 41.1 Å². The van der Waals surface area contributed by atoms with E-state index in [9.17, 15) is 13.6 Å². The van der Waals surface area contributed by atoms with E-state index in [1.165, 1.54) is 22.8 Å². The van der Waals surface area contributed by atoms with Crippen LogP contribution in [0, 0.1) is 22.1 Å². The van der Waals surface area contributed by atoms with Crippen LogP contribution in [0.2, 0.25) is 0 Å². The molecular formula is C13H10F2INO. The van der Waals surface area contributed by atoms with Crippen molar-refractivity contribution in [2.24, 2.45) is 0 Å². The first-order chi connectivity index (χ1) is 8.47. The fraction of sp³-hybridized carbons (Fsp3) is 0.154. The summed E-state index contributed by atoms with van der Waals surface area (Å²) in [6.45, 7) is 1.94. The number of hydrogen-bond donors (Lipinski definition) is 0. The Morgan fingerprint density at radius 2 is 2.00 bits per heavy atom. The van der Waals surface area contributed by atoms with Crippen LogP contribution in [-0.4, -0.2) is 4.57 Å². The predicted molar refractivity (Wildman–Crippen MR) is 73.6 cm³/mol. The second kappa shape index (κ2) is 5.17. The fourth-order valence-corrected chi connectivity index (χ4v) is 2.09. The summed E-state index contributed by atoms with van der Waals surface area (Å²) >= 11 is 2.11. The minimum atomic E-state index is -0.641. The molecule has 94 valence electrons. The number of pyridine rings is 1. The maximum atomic E-state index is 13.5. The van der Waals surface area contributed by atoms with Crippen LogP contribution < -0.4 is 5.56 Å². The van der Waals surface area contributed by atoms with Crippen molar-refractivity contribution in [3.63, 3.8) is 0 Å². The van der Waals surface area contributed by atoms with Gasteiger partial charge in [0.15, 0.2) is 0 Å². The summed E-state index contributed by atoms with van der Waals surface area (Å²) in [5.74, 6) is -1.26. The molecule has 0 saturated carbocycles. The molecule has 0 radical (unpaired) electrons. The molecule has 2 rings (SSSR count). The van der Waals surface area contributed by atoms with Gasteiger partial charge in [-0.2, -0.15) is 0 Å². The van der Waals surface area contributed by atoms with Crippen molar-refractivity contribution >= 4 is 22.6 Å². The lowest BCUT2D eigenvalue weighted by Gasteiger charge is -2.08. The summed E-state index contributed by atoms with van der Waals surface area (Å²) in [6, 6.07) is 4.86. The predicted octanol–water partition coefficient (Wildman–Crippen LogP) is 3.09. The third-order valence-electron chi connectivity index (χ3n) is 2.62. The summed E-state index contributed by atoms with van der Waals surface area (Å²) in [7, 11) is 0. The second-order valence-corrected chi connectivity index (χ2v) is 5.17. The highest BCUT2D eigenvalue weighted by atomic mass is 127. The van der Waals surface area contributed by atoms with Crippen molar-refractivity contribution in [3.8, 4) is 0 Å². The zero-order chi connectivity index (χ0) is 13.3. The van der Waals surface area contributed by atoms with E-state index in [1.54, 1.807) is 6.20 Å². The lowest BCUT2D eigenvalue weighted by atomic mass is 10.2. The Hall–Kier alpha value is -1.24. The molecule has 5 heteroatoms. The van der Waals surface area contributed by atoms with Crippen LogP contribution in [0.5, 0.6) is 0 Å². The number of benzene rings is 1. The Labute approximate surface area is 116 Å². The second-order valence-electron chi connectivity index (χ2n) is 4.01. The SMILES string of the molecule is Cc1cc(=O)n(Cc2ccc(F)cc2F)cc1I. The first-order valence-corrected chi connectivity index (χ1v) is 6.36. The highest BCUT2D eigenvalue weighted by Gasteiger charge is 2.07. The Morgan fingerprint density at radius 3 is 2.67 bits per heavy atom. The number of halogens is 3. The van der Waals surface area contributed by atoms with Crippen molar-refractivity contribution in [1.29, 1.82) is 0 Å². The maximum absolute atomic E-state index is 13.5. The van der Waals surface area contributed by atoms with E-state index in [0.717, 1.165) is 15.2 Å². The number of hydrogen-bond acceptors (Lipinski definition) is 1. The molecule has 0 aliphatic heterocycles. The number of aromatic nitrogens is 1. The zero-order valence-corrected chi connectivity index (χ0v) is 11.7. The Kier molecular flexibility index (Phi) is 3.79. The minimum absolute atomic E-state index is 0.0984. The molecule has 1 heterocycles.